The van der Waals surface area contributed by atoms with Gasteiger partial charge in [0.05, 0.1) is 0 Å². The molecule has 2 saturated carbocycles. The third-order valence-corrected chi connectivity index (χ3v) is 5.73. The number of rotatable bonds is 6. The normalized spacial score (nSPS) is 17.3. The lowest BCUT2D eigenvalue weighted by molar-refractivity contribution is 0.0943. The lowest BCUT2D eigenvalue weighted by Gasteiger charge is -2.16. The number of aromatic nitrogens is 1. The van der Waals surface area contributed by atoms with Crippen molar-refractivity contribution in [2.45, 2.75) is 37.0 Å². The van der Waals surface area contributed by atoms with Crippen molar-refractivity contribution in [2.75, 3.05) is 6.54 Å². The summed E-state index contributed by atoms with van der Waals surface area (Å²) in [5, 5.41) is 3.05. The zero-order valence-electron chi connectivity index (χ0n) is 15.5. The third kappa shape index (κ3) is 3.21. The standard InChI is InChI=1S/C23H21FN2O2/c24-18-10-8-17(9-11-18)23(12-13-23)14-25-21(27)19-20(15-6-7-15)28-22(26-19)16-4-2-1-3-5-16/h1-5,8-11,15H,6-7,12-14H2,(H,25,27). The molecule has 5 rings (SSSR count). The predicted molar refractivity (Wildman–Crippen MR) is 104 cm³/mol. The number of benzene rings is 2. The van der Waals surface area contributed by atoms with Gasteiger partial charge in [-0.3, -0.25) is 4.79 Å². The summed E-state index contributed by atoms with van der Waals surface area (Å²) in [6.45, 7) is 0.523. The first-order valence-corrected chi connectivity index (χ1v) is 9.75. The van der Waals surface area contributed by atoms with Gasteiger partial charge in [-0.2, -0.15) is 0 Å². The number of carbonyl (C=O) groups is 1. The fourth-order valence-corrected chi connectivity index (χ4v) is 3.68. The Morgan fingerprint density at radius 3 is 2.46 bits per heavy atom. The molecule has 2 aliphatic carbocycles. The molecule has 0 aliphatic heterocycles. The van der Waals surface area contributed by atoms with Gasteiger partial charge in [-0.25, -0.2) is 9.37 Å². The van der Waals surface area contributed by atoms with Crippen LogP contribution in [0.15, 0.2) is 59.0 Å². The van der Waals surface area contributed by atoms with Crippen molar-refractivity contribution >= 4 is 5.91 Å². The van der Waals surface area contributed by atoms with Crippen LogP contribution in [0.1, 0.15) is 53.4 Å². The maximum Gasteiger partial charge on any atom is 0.273 e. The molecule has 1 aromatic heterocycles. The van der Waals surface area contributed by atoms with Gasteiger partial charge in [0.25, 0.3) is 5.91 Å². The minimum absolute atomic E-state index is 0.0882. The van der Waals surface area contributed by atoms with E-state index in [1.165, 1.54) is 12.1 Å². The maximum atomic E-state index is 13.2. The second-order valence-electron chi connectivity index (χ2n) is 7.84. The number of oxazole rings is 1. The van der Waals surface area contributed by atoms with E-state index in [0.29, 0.717) is 23.9 Å². The van der Waals surface area contributed by atoms with Gasteiger partial charge in [0.1, 0.15) is 11.6 Å². The fraction of sp³-hybridized carbons (Fsp3) is 0.304. The molecule has 2 aliphatic rings. The first-order chi connectivity index (χ1) is 13.6. The summed E-state index contributed by atoms with van der Waals surface area (Å²) in [4.78, 5) is 17.4. The zero-order valence-corrected chi connectivity index (χ0v) is 15.5. The van der Waals surface area contributed by atoms with Crippen LogP contribution >= 0.6 is 0 Å². The quantitative estimate of drug-likeness (QED) is 0.671. The van der Waals surface area contributed by atoms with Crippen molar-refractivity contribution in [1.29, 1.82) is 0 Å². The van der Waals surface area contributed by atoms with E-state index in [4.69, 9.17) is 4.42 Å². The van der Waals surface area contributed by atoms with Crippen molar-refractivity contribution in [2.24, 2.45) is 0 Å². The van der Waals surface area contributed by atoms with Gasteiger partial charge in [0.2, 0.25) is 5.89 Å². The van der Waals surface area contributed by atoms with Gasteiger partial charge >= 0.3 is 0 Å². The molecule has 1 amide bonds. The molecule has 0 atom stereocenters. The van der Waals surface area contributed by atoms with Crippen LogP contribution in [0.5, 0.6) is 0 Å². The monoisotopic (exact) mass is 376 g/mol. The second kappa shape index (κ2) is 6.59. The molecule has 4 nitrogen and oxygen atoms in total. The van der Waals surface area contributed by atoms with Crippen LogP contribution in [0.3, 0.4) is 0 Å². The lowest BCUT2D eigenvalue weighted by atomic mass is 9.96. The number of hydrogen-bond donors (Lipinski definition) is 1. The highest BCUT2D eigenvalue weighted by atomic mass is 19.1. The third-order valence-electron chi connectivity index (χ3n) is 5.73. The predicted octanol–water partition coefficient (Wildman–Crippen LogP) is 4.82. The largest absolute Gasteiger partial charge is 0.440 e. The number of halogens is 1. The van der Waals surface area contributed by atoms with E-state index in [9.17, 15) is 9.18 Å². The molecule has 1 heterocycles. The van der Waals surface area contributed by atoms with Gasteiger partial charge in [-0.15, -0.1) is 0 Å². The van der Waals surface area contributed by atoms with Crippen molar-refractivity contribution in [3.8, 4) is 11.5 Å². The fourth-order valence-electron chi connectivity index (χ4n) is 3.68. The Labute approximate surface area is 162 Å². The zero-order chi connectivity index (χ0) is 19.1. The molecule has 5 heteroatoms. The van der Waals surface area contributed by atoms with Gasteiger partial charge in [0, 0.05) is 23.4 Å². The Hall–Kier alpha value is -2.95. The van der Waals surface area contributed by atoms with E-state index < -0.39 is 0 Å². The minimum Gasteiger partial charge on any atom is -0.440 e. The first-order valence-electron chi connectivity index (χ1n) is 9.75. The number of carbonyl (C=O) groups excluding carboxylic acids is 1. The van der Waals surface area contributed by atoms with Crippen LogP contribution in [0.2, 0.25) is 0 Å². The maximum absolute atomic E-state index is 13.2. The highest BCUT2D eigenvalue weighted by Gasteiger charge is 2.44. The Morgan fingerprint density at radius 1 is 1.11 bits per heavy atom. The summed E-state index contributed by atoms with van der Waals surface area (Å²) >= 11 is 0. The summed E-state index contributed by atoms with van der Waals surface area (Å²) < 4.78 is 19.2. The minimum atomic E-state index is -0.242. The van der Waals surface area contributed by atoms with Crippen LogP contribution < -0.4 is 5.32 Å². The van der Waals surface area contributed by atoms with Crippen molar-refractivity contribution in [1.82, 2.24) is 10.3 Å². The Kier molecular flexibility index (Phi) is 4.04. The molecular weight excluding hydrogens is 355 g/mol. The molecule has 142 valence electrons. The Morgan fingerprint density at radius 2 is 1.82 bits per heavy atom. The summed E-state index contributed by atoms with van der Waals surface area (Å²) in [5.41, 5.74) is 2.25. The number of nitrogens with zero attached hydrogens (tertiary/aromatic N) is 1. The smallest absolute Gasteiger partial charge is 0.273 e. The molecule has 3 aromatic rings. The van der Waals surface area contributed by atoms with E-state index in [2.05, 4.69) is 10.3 Å². The van der Waals surface area contributed by atoms with E-state index in [1.54, 1.807) is 0 Å². The van der Waals surface area contributed by atoms with Crippen molar-refractivity contribution < 1.29 is 13.6 Å². The summed E-state index contributed by atoms with van der Waals surface area (Å²) in [6, 6.07) is 16.2. The SMILES string of the molecule is O=C(NCC1(c2ccc(F)cc2)CC1)c1nc(-c2ccccc2)oc1C1CC1. The number of hydrogen-bond acceptors (Lipinski definition) is 3. The summed E-state index contributed by atoms with van der Waals surface area (Å²) in [7, 11) is 0. The van der Waals surface area contributed by atoms with Gasteiger partial charge in [-0.05, 0) is 55.5 Å². The molecule has 1 N–H and O–H groups in total. The molecular formula is C23H21FN2O2. The molecule has 28 heavy (non-hydrogen) atoms. The molecule has 0 radical (unpaired) electrons. The average Bonchev–Trinajstić information content (AvgIpc) is 3.66. The number of nitrogens with one attached hydrogen (secondary N) is 1. The number of amides is 1. The molecule has 0 bridgehead atoms. The van der Waals surface area contributed by atoms with Crippen molar-refractivity contribution in [3.05, 3.63) is 77.4 Å². The van der Waals surface area contributed by atoms with Crippen LogP contribution in [0.4, 0.5) is 4.39 Å². The molecule has 0 spiro atoms. The first kappa shape index (κ1) is 17.2. The molecule has 2 fully saturated rings. The highest BCUT2D eigenvalue weighted by Crippen LogP contribution is 2.48. The topological polar surface area (TPSA) is 55.1 Å². The van der Waals surface area contributed by atoms with E-state index >= 15 is 0 Å². The van der Waals surface area contributed by atoms with Gasteiger partial charge < -0.3 is 9.73 Å². The average molecular weight is 376 g/mol. The van der Waals surface area contributed by atoms with Crippen LogP contribution in [0.25, 0.3) is 11.5 Å². The lowest BCUT2D eigenvalue weighted by Crippen LogP contribution is -2.33. The Balaban J connectivity index is 1.35. The van der Waals surface area contributed by atoms with Gasteiger partial charge in [0.15, 0.2) is 5.69 Å². The second-order valence-corrected chi connectivity index (χ2v) is 7.84. The van der Waals surface area contributed by atoms with Gasteiger partial charge in [-0.1, -0.05) is 30.3 Å². The molecule has 0 saturated heterocycles. The van der Waals surface area contributed by atoms with Crippen LogP contribution in [-0.4, -0.2) is 17.4 Å². The van der Waals surface area contributed by atoms with E-state index in [0.717, 1.165) is 36.8 Å². The summed E-state index contributed by atoms with van der Waals surface area (Å²) in [6.07, 6.45) is 4.04. The van der Waals surface area contributed by atoms with Crippen LogP contribution in [-0.2, 0) is 5.41 Å². The van der Waals surface area contributed by atoms with Crippen molar-refractivity contribution in [3.63, 3.8) is 0 Å². The summed E-state index contributed by atoms with van der Waals surface area (Å²) in [5.74, 6) is 1.04. The highest BCUT2D eigenvalue weighted by molar-refractivity contribution is 5.94. The van der Waals surface area contributed by atoms with E-state index in [-0.39, 0.29) is 23.1 Å². The molecule has 0 unspecified atom stereocenters. The Bertz CT molecular complexity index is 1000. The molecule has 2 aromatic carbocycles. The van der Waals surface area contributed by atoms with E-state index in [1.807, 2.05) is 42.5 Å². The van der Waals surface area contributed by atoms with Crippen LogP contribution in [0, 0.1) is 5.82 Å².